The normalized spacial score (nSPS) is 15.4. The van der Waals surface area contributed by atoms with Crippen LogP contribution < -0.4 is 5.32 Å². The Balaban J connectivity index is 1.87. The molecular formula is C22H31NO6. The van der Waals surface area contributed by atoms with Crippen molar-refractivity contribution in [1.29, 1.82) is 0 Å². The van der Waals surface area contributed by atoms with E-state index in [1.54, 1.807) is 20.8 Å². The van der Waals surface area contributed by atoms with Crippen molar-refractivity contribution in [2.24, 2.45) is 0 Å². The van der Waals surface area contributed by atoms with E-state index in [-0.39, 0.29) is 25.6 Å². The van der Waals surface area contributed by atoms with Crippen LogP contribution in [0.2, 0.25) is 0 Å². The summed E-state index contributed by atoms with van der Waals surface area (Å²) < 4.78 is 16.0. The third-order valence-corrected chi connectivity index (χ3v) is 4.44. The summed E-state index contributed by atoms with van der Waals surface area (Å²) in [5.74, 6) is -0.989. The van der Waals surface area contributed by atoms with E-state index in [1.165, 1.54) is 0 Å². The van der Waals surface area contributed by atoms with Crippen LogP contribution in [0.4, 0.5) is 4.79 Å². The zero-order valence-corrected chi connectivity index (χ0v) is 17.4. The molecule has 29 heavy (non-hydrogen) atoms. The highest BCUT2D eigenvalue weighted by Gasteiger charge is 2.29. The van der Waals surface area contributed by atoms with E-state index in [0.717, 1.165) is 31.2 Å². The van der Waals surface area contributed by atoms with Gasteiger partial charge < -0.3 is 19.5 Å². The molecule has 0 radical (unpaired) electrons. The van der Waals surface area contributed by atoms with Gasteiger partial charge in [-0.3, -0.25) is 4.79 Å². The summed E-state index contributed by atoms with van der Waals surface area (Å²) in [6, 6.07) is 8.37. The minimum absolute atomic E-state index is 0.0208. The molecule has 1 fully saturated rings. The SMILES string of the molecule is CC(C)(C)OC(=O)N[C@H](CCC(=O)OCc1ccccc1)C(=O)OC1CCCC1. The summed E-state index contributed by atoms with van der Waals surface area (Å²) in [5, 5.41) is 2.53. The minimum Gasteiger partial charge on any atom is -0.461 e. The van der Waals surface area contributed by atoms with Gasteiger partial charge in [0.15, 0.2) is 0 Å². The molecule has 1 aliphatic carbocycles. The lowest BCUT2D eigenvalue weighted by atomic mass is 10.1. The molecule has 0 saturated heterocycles. The van der Waals surface area contributed by atoms with Crippen molar-refractivity contribution in [3.05, 3.63) is 35.9 Å². The molecule has 7 heteroatoms. The highest BCUT2D eigenvalue weighted by Crippen LogP contribution is 2.22. The number of hydrogen-bond acceptors (Lipinski definition) is 6. The Morgan fingerprint density at radius 3 is 2.38 bits per heavy atom. The van der Waals surface area contributed by atoms with Crippen molar-refractivity contribution < 1.29 is 28.6 Å². The molecule has 0 unspecified atom stereocenters. The molecule has 0 aliphatic heterocycles. The first kappa shape index (κ1) is 22.7. The van der Waals surface area contributed by atoms with Gasteiger partial charge in [-0.2, -0.15) is 0 Å². The van der Waals surface area contributed by atoms with E-state index >= 15 is 0 Å². The molecule has 1 atom stereocenters. The van der Waals surface area contributed by atoms with E-state index in [4.69, 9.17) is 14.2 Å². The molecule has 2 rings (SSSR count). The number of carbonyl (C=O) groups is 3. The Kier molecular flexibility index (Phi) is 8.49. The number of amides is 1. The molecule has 1 saturated carbocycles. The van der Waals surface area contributed by atoms with E-state index in [2.05, 4.69) is 5.32 Å². The van der Waals surface area contributed by atoms with Crippen molar-refractivity contribution >= 4 is 18.0 Å². The smallest absolute Gasteiger partial charge is 0.408 e. The molecule has 160 valence electrons. The van der Waals surface area contributed by atoms with Crippen LogP contribution in [0.3, 0.4) is 0 Å². The number of ether oxygens (including phenoxy) is 3. The third-order valence-electron chi connectivity index (χ3n) is 4.44. The lowest BCUT2D eigenvalue weighted by molar-refractivity contribution is -0.152. The summed E-state index contributed by atoms with van der Waals surface area (Å²) in [7, 11) is 0. The number of alkyl carbamates (subject to hydrolysis) is 1. The van der Waals surface area contributed by atoms with Crippen LogP contribution in [0.15, 0.2) is 30.3 Å². The van der Waals surface area contributed by atoms with Gasteiger partial charge in [0.1, 0.15) is 24.4 Å². The quantitative estimate of drug-likeness (QED) is 0.521. The summed E-state index contributed by atoms with van der Waals surface area (Å²) >= 11 is 0. The van der Waals surface area contributed by atoms with Gasteiger partial charge in [-0.1, -0.05) is 30.3 Å². The fraction of sp³-hybridized carbons (Fsp3) is 0.591. The lowest BCUT2D eigenvalue weighted by Crippen LogP contribution is -2.45. The Hall–Kier alpha value is -2.57. The van der Waals surface area contributed by atoms with E-state index < -0.39 is 29.7 Å². The zero-order chi connectivity index (χ0) is 21.3. The maximum atomic E-state index is 12.5. The van der Waals surface area contributed by atoms with E-state index in [0.29, 0.717) is 0 Å². The van der Waals surface area contributed by atoms with Crippen molar-refractivity contribution in [3.8, 4) is 0 Å². The summed E-state index contributed by atoms with van der Waals surface area (Å²) in [6.07, 6.45) is 2.90. The molecule has 0 heterocycles. The van der Waals surface area contributed by atoms with Crippen LogP contribution in [0, 0.1) is 0 Å². The third kappa shape index (κ3) is 8.98. The Morgan fingerprint density at radius 2 is 1.76 bits per heavy atom. The molecule has 7 nitrogen and oxygen atoms in total. The van der Waals surface area contributed by atoms with Crippen molar-refractivity contribution in [2.45, 2.75) is 83.6 Å². The zero-order valence-electron chi connectivity index (χ0n) is 17.4. The second kappa shape index (κ2) is 10.8. The number of rotatable bonds is 8. The van der Waals surface area contributed by atoms with Gasteiger partial charge in [0, 0.05) is 6.42 Å². The van der Waals surface area contributed by atoms with Crippen molar-refractivity contribution in [2.75, 3.05) is 0 Å². The van der Waals surface area contributed by atoms with E-state index in [1.807, 2.05) is 30.3 Å². The Morgan fingerprint density at radius 1 is 1.10 bits per heavy atom. The number of benzene rings is 1. The molecule has 1 N–H and O–H groups in total. The maximum Gasteiger partial charge on any atom is 0.408 e. The maximum absolute atomic E-state index is 12.5. The van der Waals surface area contributed by atoms with Crippen LogP contribution in [-0.4, -0.2) is 35.8 Å². The monoisotopic (exact) mass is 405 g/mol. The second-order valence-electron chi connectivity index (χ2n) is 8.23. The first-order valence-corrected chi connectivity index (χ1v) is 10.1. The average molecular weight is 405 g/mol. The van der Waals surface area contributed by atoms with Gasteiger partial charge in [-0.15, -0.1) is 0 Å². The van der Waals surface area contributed by atoms with Crippen LogP contribution in [0.25, 0.3) is 0 Å². The van der Waals surface area contributed by atoms with Gasteiger partial charge in [-0.25, -0.2) is 9.59 Å². The van der Waals surface area contributed by atoms with Crippen molar-refractivity contribution in [1.82, 2.24) is 5.32 Å². The van der Waals surface area contributed by atoms with Gasteiger partial charge in [-0.05, 0) is 58.4 Å². The van der Waals surface area contributed by atoms with Crippen LogP contribution >= 0.6 is 0 Å². The molecule has 1 aliphatic rings. The molecule has 1 amide bonds. The first-order chi connectivity index (χ1) is 13.7. The Labute approximate surface area is 172 Å². The van der Waals surface area contributed by atoms with Gasteiger partial charge in [0.25, 0.3) is 0 Å². The minimum atomic E-state index is -0.963. The van der Waals surface area contributed by atoms with E-state index in [9.17, 15) is 14.4 Å². The van der Waals surface area contributed by atoms with Crippen LogP contribution in [0.5, 0.6) is 0 Å². The average Bonchev–Trinajstić information content (AvgIpc) is 3.15. The second-order valence-corrected chi connectivity index (χ2v) is 8.23. The van der Waals surface area contributed by atoms with Crippen LogP contribution in [0.1, 0.15) is 64.9 Å². The first-order valence-electron chi connectivity index (χ1n) is 10.1. The number of carbonyl (C=O) groups excluding carboxylic acids is 3. The summed E-state index contributed by atoms with van der Waals surface area (Å²) in [6.45, 7) is 5.37. The highest BCUT2D eigenvalue weighted by atomic mass is 16.6. The summed E-state index contributed by atoms with van der Waals surface area (Å²) in [4.78, 5) is 36.7. The van der Waals surface area contributed by atoms with Gasteiger partial charge >= 0.3 is 18.0 Å². The number of esters is 2. The molecule has 0 bridgehead atoms. The van der Waals surface area contributed by atoms with Crippen molar-refractivity contribution in [3.63, 3.8) is 0 Å². The van der Waals surface area contributed by atoms with Crippen LogP contribution in [-0.2, 0) is 30.4 Å². The molecular weight excluding hydrogens is 374 g/mol. The van der Waals surface area contributed by atoms with Gasteiger partial charge in [0.2, 0.25) is 0 Å². The summed E-state index contributed by atoms with van der Waals surface area (Å²) in [5.41, 5.74) is 0.184. The number of nitrogens with one attached hydrogen (secondary N) is 1. The predicted octanol–water partition coefficient (Wildman–Crippen LogP) is 3.89. The predicted molar refractivity (Wildman–Crippen MR) is 107 cm³/mol. The highest BCUT2D eigenvalue weighted by molar-refractivity contribution is 5.82. The molecule has 1 aromatic rings. The topological polar surface area (TPSA) is 90.9 Å². The molecule has 0 aromatic heterocycles. The number of hydrogen-bond donors (Lipinski definition) is 1. The lowest BCUT2D eigenvalue weighted by Gasteiger charge is -2.23. The Bertz CT molecular complexity index is 676. The molecule has 1 aromatic carbocycles. The molecule has 0 spiro atoms. The largest absolute Gasteiger partial charge is 0.461 e. The fourth-order valence-corrected chi connectivity index (χ4v) is 3.02. The fourth-order valence-electron chi connectivity index (χ4n) is 3.02. The standard InChI is InChI=1S/C22H31NO6/c1-22(2,3)29-21(26)23-18(20(25)28-17-11-7-8-12-17)13-14-19(24)27-15-16-9-5-4-6-10-16/h4-6,9-10,17-18H,7-8,11-15H2,1-3H3,(H,23,26)/t18-/m1/s1. The van der Waals surface area contributed by atoms with Gasteiger partial charge in [0.05, 0.1) is 0 Å².